The van der Waals surface area contributed by atoms with Crippen molar-refractivity contribution in [2.45, 2.75) is 12.5 Å². The van der Waals surface area contributed by atoms with Crippen LogP contribution in [0.25, 0.3) is 0 Å². The normalized spacial score (nSPS) is 21.2. The number of nitrogens with one attached hydrogen (secondary N) is 1. The third-order valence-corrected chi connectivity index (χ3v) is 3.77. The quantitative estimate of drug-likeness (QED) is 0.763. The number of ether oxygens (including phenoxy) is 1. The van der Waals surface area contributed by atoms with Crippen molar-refractivity contribution in [3.8, 4) is 5.75 Å². The van der Waals surface area contributed by atoms with Gasteiger partial charge in [0.25, 0.3) is 5.91 Å². The molecule has 1 unspecified atom stereocenters. The lowest BCUT2D eigenvalue weighted by Crippen LogP contribution is -2.58. The van der Waals surface area contributed by atoms with Gasteiger partial charge in [-0.25, -0.2) is 0 Å². The number of piperazine rings is 1. The molecule has 106 valence electrons. The van der Waals surface area contributed by atoms with Gasteiger partial charge >= 0.3 is 0 Å². The van der Waals surface area contributed by atoms with E-state index >= 15 is 0 Å². The van der Waals surface area contributed by atoms with Gasteiger partial charge in [-0.05, 0) is 23.8 Å². The van der Waals surface area contributed by atoms with Crippen molar-refractivity contribution in [2.75, 3.05) is 26.2 Å². The zero-order valence-corrected chi connectivity index (χ0v) is 11.1. The van der Waals surface area contributed by atoms with E-state index in [1.807, 2.05) is 12.1 Å². The molecule has 1 fully saturated rings. The number of nitrogens with zero attached hydrogens (tertiary/aromatic N) is 1. The SMILES string of the molecule is NC(=O)C1CNCCN1C(=O)c1ccc2c(c1)CCO2. The van der Waals surface area contributed by atoms with Gasteiger partial charge in [0.15, 0.2) is 0 Å². The summed E-state index contributed by atoms with van der Waals surface area (Å²) in [4.78, 5) is 25.6. The van der Waals surface area contributed by atoms with Gasteiger partial charge in [-0.2, -0.15) is 0 Å². The Hall–Kier alpha value is -2.08. The highest BCUT2D eigenvalue weighted by atomic mass is 16.5. The van der Waals surface area contributed by atoms with Crippen LogP contribution in [0.5, 0.6) is 5.75 Å². The highest BCUT2D eigenvalue weighted by molar-refractivity contribution is 5.98. The topological polar surface area (TPSA) is 84.7 Å². The zero-order valence-electron chi connectivity index (χ0n) is 11.1. The van der Waals surface area contributed by atoms with Crippen LogP contribution in [0.1, 0.15) is 15.9 Å². The molecule has 2 amide bonds. The fourth-order valence-electron chi connectivity index (χ4n) is 2.69. The number of rotatable bonds is 2. The molecule has 3 rings (SSSR count). The molecule has 0 bridgehead atoms. The first-order valence-corrected chi connectivity index (χ1v) is 6.73. The number of carbonyl (C=O) groups excluding carboxylic acids is 2. The molecule has 1 aromatic carbocycles. The lowest BCUT2D eigenvalue weighted by Gasteiger charge is -2.34. The van der Waals surface area contributed by atoms with Crippen LogP contribution in [0.4, 0.5) is 0 Å². The van der Waals surface area contributed by atoms with Crippen molar-refractivity contribution < 1.29 is 14.3 Å². The minimum atomic E-state index is -0.583. The molecule has 2 aliphatic rings. The Kier molecular flexibility index (Phi) is 3.31. The Balaban J connectivity index is 1.85. The molecule has 0 aliphatic carbocycles. The number of nitrogens with two attached hydrogens (primary N) is 1. The number of fused-ring (bicyclic) bond motifs is 1. The molecule has 20 heavy (non-hydrogen) atoms. The molecule has 1 saturated heterocycles. The van der Waals surface area contributed by atoms with Crippen LogP contribution in [0.2, 0.25) is 0 Å². The van der Waals surface area contributed by atoms with E-state index in [-0.39, 0.29) is 5.91 Å². The third kappa shape index (κ3) is 2.22. The van der Waals surface area contributed by atoms with E-state index in [1.54, 1.807) is 11.0 Å². The highest BCUT2D eigenvalue weighted by Gasteiger charge is 2.31. The highest BCUT2D eigenvalue weighted by Crippen LogP contribution is 2.26. The standard InChI is InChI=1S/C14H17N3O3/c15-13(18)11-8-16-4-5-17(11)14(19)10-1-2-12-9(7-10)3-6-20-12/h1-2,7,11,16H,3-6,8H2,(H2,15,18). The van der Waals surface area contributed by atoms with E-state index in [1.165, 1.54) is 0 Å². The molecule has 0 saturated carbocycles. The Labute approximate surface area is 116 Å². The minimum absolute atomic E-state index is 0.148. The van der Waals surface area contributed by atoms with Crippen molar-refractivity contribution in [1.82, 2.24) is 10.2 Å². The summed E-state index contributed by atoms with van der Waals surface area (Å²) < 4.78 is 5.43. The van der Waals surface area contributed by atoms with E-state index in [4.69, 9.17) is 10.5 Å². The second-order valence-corrected chi connectivity index (χ2v) is 5.04. The zero-order chi connectivity index (χ0) is 14.1. The first kappa shape index (κ1) is 12.9. The molecule has 0 aromatic heterocycles. The maximum absolute atomic E-state index is 12.6. The second-order valence-electron chi connectivity index (χ2n) is 5.04. The van der Waals surface area contributed by atoms with Gasteiger partial charge in [0.2, 0.25) is 5.91 Å². The molecule has 6 heteroatoms. The number of amides is 2. The number of hydrogen-bond acceptors (Lipinski definition) is 4. The van der Waals surface area contributed by atoms with E-state index < -0.39 is 11.9 Å². The summed E-state index contributed by atoms with van der Waals surface area (Å²) >= 11 is 0. The summed E-state index contributed by atoms with van der Waals surface area (Å²) in [5.41, 5.74) is 7.00. The molecular weight excluding hydrogens is 258 g/mol. The predicted octanol–water partition coefficient (Wildman–Crippen LogP) is -0.479. The first-order chi connectivity index (χ1) is 9.66. The molecule has 0 radical (unpaired) electrons. The van der Waals surface area contributed by atoms with Gasteiger partial charge in [-0.1, -0.05) is 0 Å². The maximum Gasteiger partial charge on any atom is 0.254 e. The van der Waals surface area contributed by atoms with Crippen molar-refractivity contribution in [3.63, 3.8) is 0 Å². The third-order valence-electron chi connectivity index (χ3n) is 3.77. The molecule has 0 spiro atoms. The summed E-state index contributed by atoms with van der Waals surface area (Å²) in [5, 5.41) is 3.08. The van der Waals surface area contributed by atoms with Crippen molar-refractivity contribution in [2.24, 2.45) is 5.73 Å². The number of carbonyl (C=O) groups is 2. The summed E-state index contributed by atoms with van der Waals surface area (Å²) in [6.07, 6.45) is 0.817. The Bertz CT molecular complexity index is 559. The molecule has 3 N–H and O–H groups in total. The molecule has 2 aliphatic heterocycles. The molecule has 1 aromatic rings. The predicted molar refractivity (Wildman–Crippen MR) is 72.5 cm³/mol. The van der Waals surface area contributed by atoms with Gasteiger partial charge < -0.3 is 20.7 Å². The van der Waals surface area contributed by atoms with E-state index in [0.29, 0.717) is 31.8 Å². The largest absolute Gasteiger partial charge is 0.493 e. The van der Waals surface area contributed by atoms with Crippen LogP contribution in [-0.2, 0) is 11.2 Å². The molecule has 1 atom stereocenters. The smallest absolute Gasteiger partial charge is 0.254 e. The van der Waals surface area contributed by atoms with Gasteiger partial charge in [-0.15, -0.1) is 0 Å². The van der Waals surface area contributed by atoms with Crippen LogP contribution < -0.4 is 15.8 Å². The van der Waals surface area contributed by atoms with Gasteiger partial charge in [0, 0.05) is 31.6 Å². The molecule has 2 heterocycles. The van der Waals surface area contributed by atoms with Crippen molar-refractivity contribution in [3.05, 3.63) is 29.3 Å². The lowest BCUT2D eigenvalue weighted by molar-refractivity contribution is -0.122. The summed E-state index contributed by atoms with van der Waals surface area (Å²) in [6.45, 7) is 2.23. The van der Waals surface area contributed by atoms with E-state index in [2.05, 4.69) is 5.32 Å². The van der Waals surface area contributed by atoms with Crippen molar-refractivity contribution in [1.29, 1.82) is 0 Å². The van der Waals surface area contributed by atoms with Gasteiger partial charge in [0.1, 0.15) is 11.8 Å². The average molecular weight is 275 g/mol. The Morgan fingerprint density at radius 2 is 2.25 bits per heavy atom. The van der Waals surface area contributed by atoms with Crippen LogP contribution >= 0.6 is 0 Å². The van der Waals surface area contributed by atoms with Crippen molar-refractivity contribution >= 4 is 11.8 Å². The summed E-state index contributed by atoms with van der Waals surface area (Å²) in [7, 11) is 0. The van der Waals surface area contributed by atoms with E-state index in [0.717, 1.165) is 17.7 Å². The maximum atomic E-state index is 12.6. The average Bonchev–Trinajstić information content (AvgIpc) is 2.93. The van der Waals surface area contributed by atoms with Crippen LogP contribution in [-0.4, -0.2) is 49.0 Å². The Morgan fingerprint density at radius 1 is 1.40 bits per heavy atom. The lowest BCUT2D eigenvalue weighted by atomic mass is 10.1. The van der Waals surface area contributed by atoms with Crippen LogP contribution in [0, 0.1) is 0 Å². The van der Waals surface area contributed by atoms with Gasteiger partial charge in [-0.3, -0.25) is 9.59 Å². The van der Waals surface area contributed by atoms with Crippen LogP contribution in [0.3, 0.4) is 0 Å². The summed E-state index contributed by atoms with van der Waals surface area (Å²) in [6, 6.07) is 4.83. The molecule has 6 nitrogen and oxygen atoms in total. The minimum Gasteiger partial charge on any atom is -0.493 e. The van der Waals surface area contributed by atoms with E-state index in [9.17, 15) is 9.59 Å². The molecular formula is C14H17N3O3. The number of primary amides is 1. The fraction of sp³-hybridized carbons (Fsp3) is 0.429. The Morgan fingerprint density at radius 3 is 3.05 bits per heavy atom. The first-order valence-electron chi connectivity index (χ1n) is 6.73. The fourth-order valence-corrected chi connectivity index (χ4v) is 2.69. The summed E-state index contributed by atoms with van der Waals surface area (Å²) in [5.74, 6) is 0.216. The van der Waals surface area contributed by atoms with Gasteiger partial charge in [0.05, 0.1) is 6.61 Å². The number of hydrogen-bond donors (Lipinski definition) is 2. The monoisotopic (exact) mass is 275 g/mol. The second kappa shape index (κ2) is 5.13. The number of benzene rings is 1. The van der Waals surface area contributed by atoms with Crippen LogP contribution in [0.15, 0.2) is 18.2 Å².